The molecule has 5 heteroatoms. The zero-order chi connectivity index (χ0) is 2.00. The topological polar surface area (TPSA) is 17.1 Å². The van der Waals surface area contributed by atoms with Gasteiger partial charge in [-0.3, -0.25) is 0 Å². The van der Waals surface area contributed by atoms with Crippen LogP contribution in [0.3, 0.4) is 0 Å². The molecule has 0 aliphatic rings. The molecule has 0 aromatic carbocycles. The maximum Gasteiger partial charge on any atom is 0 e. The largest absolute Gasteiger partial charge is 0 e. The molecule has 0 aliphatic heterocycles. The predicted octanol–water partition coefficient (Wildman–Crippen LogP) is -3.92. The van der Waals surface area contributed by atoms with Gasteiger partial charge in [0.05, 0.1) is 0 Å². The third-order valence-corrected chi connectivity index (χ3v) is 0. The Balaban J connectivity index is -0.000000000833. The first-order valence-electron chi connectivity index (χ1n) is 0.167. The van der Waals surface area contributed by atoms with Crippen LogP contribution in [0.4, 0.5) is 0 Å². The van der Waals surface area contributed by atoms with Crippen LogP contribution in [0, 0.1) is 0 Å². The van der Waals surface area contributed by atoms with Crippen LogP contribution in [0.5, 0.6) is 0 Å². The monoisotopic (exact) mass is 483 g/mol. The van der Waals surface area contributed by atoms with Gasteiger partial charge in [-0.05, 0) is 0 Å². The number of rotatable bonds is 0. The van der Waals surface area contributed by atoms with E-state index in [1.807, 2.05) is 0 Å². The van der Waals surface area contributed by atoms with Gasteiger partial charge in [0.25, 0.3) is 0 Å². The molecule has 5 heavy (non-hydrogen) atoms. The predicted molar refractivity (Wildman–Crippen MR) is 10.3 cm³/mol. The van der Waals surface area contributed by atoms with Crippen molar-refractivity contribution in [1.29, 1.82) is 0 Å². The van der Waals surface area contributed by atoms with Crippen molar-refractivity contribution in [3.8, 4) is 0 Å². The minimum Gasteiger partial charge on any atom is 0 e. The first-order chi connectivity index (χ1) is 1.00. The molecule has 0 aromatic heterocycles. The molecular formula is H3BiNaOTiW. The molecule has 1 radical (unpaired) electrons. The van der Waals surface area contributed by atoms with E-state index in [-0.39, 0.29) is 78.9 Å². The van der Waals surface area contributed by atoms with Crippen molar-refractivity contribution in [3.63, 3.8) is 0 Å². The molecule has 0 bridgehead atoms. The fourth-order valence-electron chi connectivity index (χ4n) is 0. The van der Waals surface area contributed by atoms with Gasteiger partial charge >= 0.3 is 78.9 Å². The maximum atomic E-state index is 8.33. The zero-order valence-electron chi connectivity index (χ0n) is 3.89. The first kappa shape index (κ1) is 24.3. The van der Waals surface area contributed by atoms with Crippen LogP contribution in [0.2, 0.25) is 0 Å². The summed E-state index contributed by atoms with van der Waals surface area (Å²) < 4.78 is 8.33. The normalized spacial score (nSPS) is 0.800. The molecule has 0 N–H and O–H groups in total. The molecule has 0 unspecified atom stereocenters. The molecule has 0 amide bonds. The summed E-state index contributed by atoms with van der Waals surface area (Å²) in [6.45, 7) is 0. The average Bonchev–Trinajstić information content (AvgIpc) is 1.00. The molecule has 0 heterocycles. The molecule has 0 aromatic rings. The van der Waals surface area contributed by atoms with Crippen molar-refractivity contribution in [1.82, 2.24) is 0 Å². The zero-order valence-corrected chi connectivity index (χ0v) is 13.9. The number of hydrogen-bond acceptors (Lipinski definition) is 1. The average molecular weight is 483 g/mol. The summed E-state index contributed by atoms with van der Waals surface area (Å²) in [7, 11) is 0. The van der Waals surface area contributed by atoms with Crippen LogP contribution in [-0.2, 0) is 44.9 Å². The van der Waals surface area contributed by atoms with Crippen molar-refractivity contribution in [2.45, 2.75) is 0 Å². The second kappa shape index (κ2) is 27.6. The summed E-state index contributed by atoms with van der Waals surface area (Å²) in [5.74, 6) is 0. The van der Waals surface area contributed by atoms with Gasteiger partial charge in [0, 0.05) is 21.7 Å². The Morgan fingerprint density at radius 1 is 1.40 bits per heavy atom. The van der Waals surface area contributed by atoms with Gasteiger partial charge in [-0.25, -0.2) is 0 Å². The molecule has 0 fully saturated rings. The fraction of sp³-hybridized carbons (Fsp3) is 0. The second-order valence-electron chi connectivity index (χ2n) is 0. The molecule has 0 saturated heterocycles. The van der Waals surface area contributed by atoms with E-state index in [0.717, 1.165) is 0 Å². The van der Waals surface area contributed by atoms with Crippen molar-refractivity contribution in [2.24, 2.45) is 0 Å². The summed E-state index contributed by atoms with van der Waals surface area (Å²) >= 11 is 0.333. The Hall–Kier alpha value is 3.09. The van der Waals surface area contributed by atoms with E-state index in [2.05, 4.69) is 0 Å². The minimum atomic E-state index is 0. The van der Waals surface area contributed by atoms with Crippen LogP contribution in [-0.4, -0.2) is 26.2 Å². The van der Waals surface area contributed by atoms with E-state index in [1.54, 1.807) is 0 Å². The van der Waals surface area contributed by atoms with Crippen molar-refractivity contribution in [2.75, 3.05) is 0 Å². The van der Waals surface area contributed by atoms with Crippen LogP contribution in [0.15, 0.2) is 0 Å². The van der Waals surface area contributed by atoms with Gasteiger partial charge in [0.2, 0.25) is 0 Å². The molecule has 0 rings (SSSR count). The van der Waals surface area contributed by atoms with Crippen molar-refractivity contribution in [3.05, 3.63) is 0 Å². The quantitative estimate of drug-likeness (QED) is 0.323. The van der Waals surface area contributed by atoms with Crippen LogP contribution >= 0.6 is 0 Å². The molecular weight excluding hydrogens is 480 g/mol. The SMILES string of the molecule is [BiH2].[H-].[Na+].[O]=[W].[Ti]. The fourth-order valence-corrected chi connectivity index (χ4v) is 0. The summed E-state index contributed by atoms with van der Waals surface area (Å²) in [4.78, 5) is 0. The Labute approximate surface area is 100 Å². The molecule has 0 atom stereocenters. The van der Waals surface area contributed by atoms with E-state index in [9.17, 15) is 0 Å². The molecule has 0 spiro atoms. The van der Waals surface area contributed by atoms with Gasteiger partial charge < -0.3 is 1.43 Å². The summed E-state index contributed by atoms with van der Waals surface area (Å²) in [6, 6.07) is 0. The Morgan fingerprint density at radius 2 is 1.40 bits per heavy atom. The molecule has 25 valence electrons. The summed E-state index contributed by atoms with van der Waals surface area (Å²) in [5.41, 5.74) is 0. The smallest absolute Gasteiger partial charge is 0 e. The van der Waals surface area contributed by atoms with E-state index in [4.69, 9.17) is 3.40 Å². The van der Waals surface area contributed by atoms with E-state index in [0.29, 0.717) is 19.8 Å². The minimum absolute atomic E-state index is 0. The van der Waals surface area contributed by atoms with Gasteiger partial charge in [-0.2, -0.15) is 0 Å². The van der Waals surface area contributed by atoms with Gasteiger partial charge in [-0.15, -0.1) is 0 Å². The third-order valence-electron chi connectivity index (χ3n) is 0. The van der Waals surface area contributed by atoms with Crippen LogP contribution in [0.1, 0.15) is 1.43 Å². The van der Waals surface area contributed by atoms with Gasteiger partial charge in [0.15, 0.2) is 0 Å². The van der Waals surface area contributed by atoms with Gasteiger partial charge in [-0.1, -0.05) is 0 Å². The van der Waals surface area contributed by atoms with E-state index < -0.39 is 0 Å². The summed E-state index contributed by atoms with van der Waals surface area (Å²) in [6.07, 6.45) is 0. The molecule has 1 nitrogen and oxygen atoms in total. The van der Waals surface area contributed by atoms with Crippen molar-refractivity contribution < 1.29 is 75.9 Å². The maximum absolute atomic E-state index is 8.33. The van der Waals surface area contributed by atoms with Crippen molar-refractivity contribution >= 4 is 26.2 Å². The van der Waals surface area contributed by atoms with Crippen LogP contribution in [0.25, 0.3) is 0 Å². The summed E-state index contributed by atoms with van der Waals surface area (Å²) in [5, 5.41) is 0. The number of hydrogen-bond donors (Lipinski definition) is 0. The standard InChI is InChI=1S/Bi.Na.O.Ti.W.3H/q;+1;;;;;;-1. The third kappa shape index (κ3) is 19.2. The second-order valence-corrected chi connectivity index (χ2v) is 0. The van der Waals surface area contributed by atoms with Gasteiger partial charge in [0.1, 0.15) is 0 Å². The molecule has 0 aliphatic carbocycles. The molecule has 0 saturated carbocycles. The first-order valence-corrected chi connectivity index (χ1v) is 1.36. The van der Waals surface area contributed by atoms with E-state index in [1.165, 1.54) is 0 Å². The van der Waals surface area contributed by atoms with E-state index >= 15 is 0 Å². The Bertz CT molecular complexity index is 15.5. The Morgan fingerprint density at radius 3 is 1.40 bits per heavy atom. The van der Waals surface area contributed by atoms with Crippen LogP contribution < -0.4 is 29.6 Å². The Kier molecular flexibility index (Phi) is 134.